The Bertz CT molecular complexity index is 527. The average molecular weight is 263 g/mol. The number of nitrogens with one attached hydrogen (secondary N) is 1. The van der Waals surface area contributed by atoms with Gasteiger partial charge in [-0.2, -0.15) is 0 Å². The topological polar surface area (TPSA) is 75.1 Å². The van der Waals surface area contributed by atoms with E-state index in [1.54, 1.807) is 6.92 Å². The molecule has 5 nitrogen and oxygen atoms in total. The third-order valence-corrected chi connectivity index (χ3v) is 3.23. The summed E-state index contributed by atoms with van der Waals surface area (Å²) in [7, 11) is 0. The fraction of sp³-hybridized carbons (Fsp3) is 0.250. The van der Waals surface area contributed by atoms with E-state index in [9.17, 15) is 4.79 Å². The van der Waals surface area contributed by atoms with Crippen molar-refractivity contribution in [2.75, 3.05) is 5.32 Å². The molecular formula is C12H13N3O2S. The number of nitrogens with zero attached hydrogens (tertiary/aromatic N) is 2. The molecule has 1 atom stereocenters. The maximum atomic E-state index is 10.7. The van der Waals surface area contributed by atoms with Crippen LogP contribution < -0.4 is 5.32 Å². The fourth-order valence-electron chi connectivity index (χ4n) is 1.40. The molecule has 6 heteroatoms. The number of carboxylic acids is 1. The molecule has 2 aromatic rings. The highest BCUT2D eigenvalue weighted by Crippen LogP contribution is 2.19. The molecule has 94 valence electrons. The zero-order valence-corrected chi connectivity index (χ0v) is 10.6. The van der Waals surface area contributed by atoms with E-state index in [1.165, 1.54) is 11.3 Å². The van der Waals surface area contributed by atoms with Crippen LogP contribution in [0.2, 0.25) is 0 Å². The van der Waals surface area contributed by atoms with Crippen LogP contribution in [0.3, 0.4) is 0 Å². The number of hydrogen-bond donors (Lipinski definition) is 2. The first-order chi connectivity index (χ1) is 8.65. The second-order valence-corrected chi connectivity index (χ2v) is 4.93. The first-order valence-corrected chi connectivity index (χ1v) is 6.32. The van der Waals surface area contributed by atoms with Gasteiger partial charge >= 0.3 is 5.97 Å². The summed E-state index contributed by atoms with van der Waals surface area (Å²) in [4.78, 5) is 10.7. The van der Waals surface area contributed by atoms with E-state index < -0.39 is 12.0 Å². The predicted octanol–water partition coefficient (Wildman–Crippen LogP) is 2.01. The van der Waals surface area contributed by atoms with Crippen molar-refractivity contribution in [2.45, 2.75) is 19.4 Å². The quantitative estimate of drug-likeness (QED) is 0.863. The molecule has 0 saturated heterocycles. The Balaban J connectivity index is 2.00. The number of rotatable bonds is 5. The molecule has 1 unspecified atom stereocenters. The normalized spacial score (nSPS) is 12.1. The first-order valence-electron chi connectivity index (χ1n) is 5.51. The number of carboxylic acid groups (broad SMARTS) is 1. The van der Waals surface area contributed by atoms with Crippen molar-refractivity contribution in [2.24, 2.45) is 0 Å². The van der Waals surface area contributed by atoms with E-state index in [0.717, 1.165) is 10.6 Å². The Labute approximate surface area is 109 Å². The van der Waals surface area contributed by atoms with E-state index in [-0.39, 0.29) is 0 Å². The molecule has 1 heterocycles. The van der Waals surface area contributed by atoms with Crippen LogP contribution in [0.1, 0.15) is 17.5 Å². The third-order valence-electron chi connectivity index (χ3n) is 2.38. The van der Waals surface area contributed by atoms with Gasteiger partial charge in [0.15, 0.2) is 0 Å². The van der Waals surface area contributed by atoms with Crippen LogP contribution in [-0.4, -0.2) is 27.3 Å². The standard InChI is InChI=1S/C12H13N3O2S/c1-8(11(16)17)13-12-15-14-10(18-12)7-9-5-3-2-4-6-9/h2-6,8H,7H2,1H3,(H,13,15)(H,16,17). The first kappa shape index (κ1) is 12.5. The Morgan fingerprint density at radius 1 is 1.39 bits per heavy atom. The summed E-state index contributed by atoms with van der Waals surface area (Å²) in [6.45, 7) is 1.57. The number of hydrogen-bond acceptors (Lipinski definition) is 5. The SMILES string of the molecule is CC(Nc1nnc(Cc2ccccc2)s1)C(=O)O. The summed E-state index contributed by atoms with van der Waals surface area (Å²) in [5.74, 6) is -0.908. The van der Waals surface area contributed by atoms with Gasteiger partial charge in [0.2, 0.25) is 5.13 Å². The summed E-state index contributed by atoms with van der Waals surface area (Å²) in [6.07, 6.45) is 0.710. The fourth-order valence-corrected chi connectivity index (χ4v) is 2.26. The van der Waals surface area contributed by atoms with Crippen LogP contribution in [0.5, 0.6) is 0 Å². The van der Waals surface area contributed by atoms with Crippen LogP contribution >= 0.6 is 11.3 Å². The second-order valence-electron chi connectivity index (χ2n) is 3.87. The molecular weight excluding hydrogens is 250 g/mol. The molecule has 1 aromatic heterocycles. The minimum atomic E-state index is -0.908. The highest BCUT2D eigenvalue weighted by atomic mass is 32.1. The molecule has 0 spiro atoms. The maximum Gasteiger partial charge on any atom is 0.325 e. The van der Waals surface area contributed by atoms with Gasteiger partial charge in [0.1, 0.15) is 11.0 Å². The monoisotopic (exact) mass is 263 g/mol. The molecule has 0 aliphatic carbocycles. The summed E-state index contributed by atoms with van der Waals surface area (Å²) in [5.41, 5.74) is 1.16. The van der Waals surface area contributed by atoms with Crippen LogP contribution in [0.15, 0.2) is 30.3 Å². The Kier molecular flexibility index (Phi) is 3.88. The number of benzene rings is 1. The molecule has 18 heavy (non-hydrogen) atoms. The van der Waals surface area contributed by atoms with Gasteiger partial charge in [-0.3, -0.25) is 4.79 Å². The summed E-state index contributed by atoms with van der Waals surface area (Å²) in [5, 5.41) is 20.9. The van der Waals surface area contributed by atoms with Crippen molar-refractivity contribution < 1.29 is 9.90 Å². The van der Waals surface area contributed by atoms with Crippen molar-refractivity contribution in [1.29, 1.82) is 0 Å². The lowest BCUT2D eigenvalue weighted by atomic mass is 10.2. The van der Waals surface area contributed by atoms with E-state index in [4.69, 9.17) is 5.11 Å². The molecule has 0 bridgehead atoms. The van der Waals surface area contributed by atoms with E-state index in [0.29, 0.717) is 11.6 Å². The number of carbonyl (C=O) groups is 1. The lowest BCUT2D eigenvalue weighted by molar-refractivity contribution is -0.137. The van der Waals surface area contributed by atoms with E-state index in [2.05, 4.69) is 15.5 Å². The molecule has 0 fully saturated rings. The van der Waals surface area contributed by atoms with Gasteiger partial charge in [0.25, 0.3) is 0 Å². The lowest BCUT2D eigenvalue weighted by Gasteiger charge is -2.05. The number of aliphatic carboxylic acids is 1. The Morgan fingerprint density at radius 3 is 2.78 bits per heavy atom. The van der Waals surface area contributed by atoms with Crippen LogP contribution in [0.25, 0.3) is 0 Å². The highest BCUT2D eigenvalue weighted by molar-refractivity contribution is 7.15. The van der Waals surface area contributed by atoms with E-state index in [1.807, 2.05) is 30.3 Å². The summed E-state index contributed by atoms with van der Waals surface area (Å²) < 4.78 is 0. The molecule has 2 rings (SSSR count). The number of anilines is 1. The van der Waals surface area contributed by atoms with Gasteiger partial charge in [-0.05, 0) is 12.5 Å². The molecule has 0 saturated carbocycles. The van der Waals surface area contributed by atoms with Crippen molar-refractivity contribution in [3.63, 3.8) is 0 Å². The van der Waals surface area contributed by atoms with Gasteiger partial charge < -0.3 is 10.4 Å². The van der Waals surface area contributed by atoms with Crippen LogP contribution in [-0.2, 0) is 11.2 Å². The molecule has 0 amide bonds. The van der Waals surface area contributed by atoms with Gasteiger partial charge in [-0.1, -0.05) is 41.7 Å². The smallest absolute Gasteiger partial charge is 0.325 e. The van der Waals surface area contributed by atoms with Gasteiger partial charge in [-0.25, -0.2) is 0 Å². The minimum absolute atomic E-state index is 0.538. The molecule has 2 N–H and O–H groups in total. The summed E-state index contributed by atoms with van der Waals surface area (Å²) in [6, 6.07) is 9.29. The second kappa shape index (κ2) is 5.59. The van der Waals surface area contributed by atoms with Crippen molar-refractivity contribution in [3.8, 4) is 0 Å². The van der Waals surface area contributed by atoms with Crippen molar-refractivity contribution in [1.82, 2.24) is 10.2 Å². The largest absolute Gasteiger partial charge is 0.480 e. The molecule has 0 radical (unpaired) electrons. The zero-order chi connectivity index (χ0) is 13.0. The zero-order valence-electron chi connectivity index (χ0n) is 9.83. The lowest BCUT2D eigenvalue weighted by Crippen LogP contribution is -2.25. The van der Waals surface area contributed by atoms with Crippen LogP contribution in [0.4, 0.5) is 5.13 Å². The molecule has 1 aromatic carbocycles. The summed E-state index contributed by atoms with van der Waals surface area (Å²) >= 11 is 1.38. The Morgan fingerprint density at radius 2 is 2.11 bits per heavy atom. The van der Waals surface area contributed by atoms with E-state index >= 15 is 0 Å². The number of aromatic nitrogens is 2. The molecule has 0 aliphatic heterocycles. The minimum Gasteiger partial charge on any atom is -0.480 e. The maximum absolute atomic E-state index is 10.7. The highest BCUT2D eigenvalue weighted by Gasteiger charge is 2.13. The van der Waals surface area contributed by atoms with Gasteiger partial charge in [0.05, 0.1) is 0 Å². The third kappa shape index (κ3) is 3.27. The molecule has 0 aliphatic rings. The van der Waals surface area contributed by atoms with Crippen molar-refractivity contribution >= 4 is 22.4 Å². The average Bonchev–Trinajstić information content (AvgIpc) is 2.77. The van der Waals surface area contributed by atoms with Crippen LogP contribution in [0, 0.1) is 0 Å². The Hall–Kier alpha value is -1.95. The van der Waals surface area contributed by atoms with Crippen molar-refractivity contribution in [3.05, 3.63) is 40.9 Å². The van der Waals surface area contributed by atoms with Gasteiger partial charge in [-0.15, -0.1) is 10.2 Å². The predicted molar refractivity (Wildman–Crippen MR) is 69.9 cm³/mol. The van der Waals surface area contributed by atoms with Gasteiger partial charge in [0, 0.05) is 6.42 Å².